The van der Waals surface area contributed by atoms with E-state index in [9.17, 15) is 9.50 Å². The Morgan fingerprint density at radius 3 is 2.67 bits per heavy atom. The molecule has 0 aliphatic rings. The number of benzene rings is 2. The van der Waals surface area contributed by atoms with Crippen molar-refractivity contribution < 1.29 is 9.50 Å². The van der Waals surface area contributed by atoms with Crippen molar-refractivity contribution in [1.29, 1.82) is 0 Å². The number of aryl methyl sites for hydroxylation is 2. The topological polar surface area (TPSA) is 38.1 Å². The van der Waals surface area contributed by atoms with E-state index in [-0.39, 0.29) is 5.75 Å². The van der Waals surface area contributed by atoms with Crippen molar-refractivity contribution in [3.63, 3.8) is 0 Å². The van der Waals surface area contributed by atoms with Crippen LogP contribution in [-0.2, 0) is 13.0 Å². The monoisotopic (exact) mass is 282 g/mol. The molecule has 106 valence electrons. The highest BCUT2D eigenvalue weighted by atomic mass is 19.1. The van der Waals surface area contributed by atoms with Crippen LogP contribution >= 0.6 is 0 Å². The van der Waals surface area contributed by atoms with Gasteiger partial charge in [0.15, 0.2) is 11.6 Å². The van der Waals surface area contributed by atoms with E-state index in [2.05, 4.69) is 17.2 Å². The molecule has 1 aromatic heterocycles. The van der Waals surface area contributed by atoms with E-state index in [1.165, 1.54) is 11.6 Å². The van der Waals surface area contributed by atoms with Crippen molar-refractivity contribution in [3.05, 3.63) is 72.3 Å². The molecule has 0 saturated heterocycles. The van der Waals surface area contributed by atoms with Gasteiger partial charge in [-0.2, -0.15) is 5.10 Å². The summed E-state index contributed by atoms with van der Waals surface area (Å²) in [6, 6.07) is 14.7. The maximum absolute atomic E-state index is 13.9. The third kappa shape index (κ3) is 2.94. The first-order chi connectivity index (χ1) is 10.2. The lowest BCUT2D eigenvalue weighted by atomic mass is 10.1. The second-order valence-corrected chi connectivity index (χ2v) is 4.87. The lowest BCUT2D eigenvalue weighted by Gasteiger charge is -2.03. The van der Waals surface area contributed by atoms with Crippen molar-refractivity contribution in [1.82, 2.24) is 9.78 Å². The van der Waals surface area contributed by atoms with Gasteiger partial charge >= 0.3 is 0 Å². The van der Waals surface area contributed by atoms with Crippen LogP contribution in [0.1, 0.15) is 5.56 Å². The fraction of sp³-hybridized carbons (Fsp3) is 0.118. The van der Waals surface area contributed by atoms with E-state index < -0.39 is 5.82 Å². The predicted octanol–water partition coefficient (Wildman–Crippen LogP) is 3.64. The Morgan fingerprint density at radius 1 is 1.05 bits per heavy atom. The number of rotatable bonds is 4. The molecule has 0 amide bonds. The summed E-state index contributed by atoms with van der Waals surface area (Å²) < 4.78 is 15.6. The molecular weight excluding hydrogens is 267 g/mol. The van der Waals surface area contributed by atoms with Crippen LogP contribution in [0.3, 0.4) is 0 Å². The standard InChI is InChI=1S/C17H15FN2O/c18-17-15(7-4-8-16(17)21)14-11-19-20(12-14)10-9-13-5-2-1-3-6-13/h1-8,11-12,21H,9-10H2. The normalized spacial score (nSPS) is 10.7. The lowest BCUT2D eigenvalue weighted by Crippen LogP contribution is -2.01. The minimum atomic E-state index is -0.611. The molecule has 0 aliphatic heterocycles. The molecule has 0 radical (unpaired) electrons. The summed E-state index contributed by atoms with van der Waals surface area (Å²) in [7, 11) is 0. The molecule has 0 atom stereocenters. The van der Waals surface area contributed by atoms with Gasteiger partial charge in [0, 0.05) is 23.9 Å². The van der Waals surface area contributed by atoms with E-state index in [0.29, 0.717) is 11.1 Å². The fourth-order valence-electron chi connectivity index (χ4n) is 2.26. The molecule has 0 unspecified atom stereocenters. The van der Waals surface area contributed by atoms with Gasteiger partial charge in [-0.25, -0.2) is 4.39 Å². The van der Waals surface area contributed by atoms with Gasteiger partial charge in [0.1, 0.15) is 0 Å². The number of phenols is 1. The number of aromatic hydroxyl groups is 1. The maximum atomic E-state index is 13.9. The summed E-state index contributed by atoms with van der Waals surface area (Å²) in [4.78, 5) is 0. The third-order valence-corrected chi connectivity index (χ3v) is 3.39. The Hall–Kier alpha value is -2.62. The van der Waals surface area contributed by atoms with Crippen LogP contribution < -0.4 is 0 Å². The van der Waals surface area contributed by atoms with Crippen LogP contribution in [0, 0.1) is 5.82 Å². The minimum absolute atomic E-state index is 0.343. The summed E-state index contributed by atoms with van der Waals surface area (Å²) in [6.45, 7) is 0.727. The smallest absolute Gasteiger partial charge is 0.172 e. The molecule has 0 saturated carbocycles. The largest absolute Gasteiger partial charge is 0.505 e. The molecule has 21 heavy (non-hydrogen) atoms. The van der Waals surface area contributed by atoms with Gasteiger partial charge in [-0.15, -0.1) is 0 Å². The number of hydrogen-bond donors (Lipinski definition) is 1. The van der Waals surface area contributed by atoms with Crippen LogP contribution in [-0.4, -0.2) is 14.9 Å². The first kappa shape index (κ1) is 13.4. The van der Waals surface area contributed by atoms with Crippen molar-refractivity contribution in [2.45, 2.75) is 13.0 Å². The molecule has 4 heteroatoms. The molecule has 2 aromatic carbocycles. The van der Waals surface area contributed by atoms with Crippen molar-refractivity contribution in [2.75, 3.05) is 0 Å². The van der Waals surface area contributed by atoms with Gasteiger partial charge in [-0.1, -0.05) is 42.5 Å². The molecule has 1 heterocycles. The van der Waals surface area contributed by atoms with E-state index in [1.807, 2.05) is 18.2 Å². The van der Waals surface area contributed by atoms with Gasteiger partial charge in [0.25, 0.3) is 0 Å². The number of halogens is 1. The molecule has 0 aliphatic carbocycles. The van der Waals surface area contributed by atoms with Gasteiger partial charge < -0.3 is 5.11 Å². The SMILES string of the molecule is Oc1cccc(-c2cnn(CCc3ccccc3)c2)c1F. The van der Waals surface area contributed by atoms with Crippen LogP contribution in [0.25, 0.3) is 11.1 Å². The molecule has 1 N–H and O–H groups in total. The molecule has 0 fully saturated rings. The summed E-state index contributed by atoms with van der Waals surface area (Å²) in [5.41, 5.74) is 2.26. The first-order valence-corrected chi connectivity index (χ1v) is 6.78. The summed E-state index contributed by atoms with van der Waals surface area (Å²) in [5, 5.41) is 13.7. The zero-order valence-corrected chi connectivity index (χ0v) is 11.4. The van der Waals surface area contributed by atoms with Crippen LogP contribution in [0.15, 0.2) is 60.9 Å². The number of hydrogen-bond acceptors (Lipinski definition) is 2. The van der Waals surface area contributed by atoms with Crippen LogP contribution in [0.2, 0.25) is 0 Å². The van der Waals surface area contributed by atoms with Crippen molar-refractivity contribution in [3.8, 4) is 16.9 Å². The van der Waals surface area contributed by atoms with Gasteiger partial charge in [0.05, 0.1) is 6.20 Å². The van der Waals surface area contributed by atoms with Crippen molar-refractivity contribution >= 4 is 0 Å². The van der Waals surface area contributed by atoms with Gasteiger partial charge in [-0.3, -0.25) is 4.68 Å². The highest BCUT2D eigenvalue weighted by molar-refractivity contribution is 5.64. The predicted molar refractivity (Wildman–Crippen MR) is 79.4 cm³/mol. The fourth-order valence-corrected chi connectivity index (χ4v) is 2.26. The molecule has 0 spiro atoms. The maximum Gasteiger partial charge on any atom is 0.172 e. The zero-order chi connectivity index (χ0) is 14.7. The van der Waals surface area contributed by atoms with Crippen molar-refractivity contribution in [2.24, 2.45) is 0 Å². The number of aromatic nitrogens is 2. The molecule has 0 bridgehead atoms. The quantitative estimate of drug-likeness (QED) is 0.793. The Balaban J connectivity index is 1.76. The molecule has 3 rings (SSSR count). The van der Waals surface area contributed by atoms with Gasteiger partial charge in [-0.05, 0) is 18.1 Å². The van der Waals surface area contributed by atoms with E-state index >= 15 is 0 Å². The van der Waals surface area contributed by atoms with Gasteiger partial charge in [0.2, 0.25) is 0 Å². The lowest BCUT2D eigenvalue weighted by molar-refractivity contribution is 0.433. The Kier molecular flexibility index (Phi) is 3.69. The first-order valence-electron chi connectivity index (χ1n) is 6.78. The average molecular weight is 282 g/mol. The molecule has 3 aromatic rings. The third-order valence-electron chi connectivity index (χ3n) is 3.39. The molecular formula is C17H15FN2O. The summed E-state index contributed by atoms with van der Waals surface area (Å²) in [5.74, 6) is -0.954. The van der Waals surface area contributed by atoms with E-state index in [0.717, 1.165) is 13.0 Å². The van der Waals surface area contributed by atoms with E-state index in [1.54, 1.807) is 29.2 Å². The van der Waals surface area contributed by atoms with Crippen LogP contribution in [0.5, 0.6) is 5.75 Å². The Labute approximate surface area is 122 Å². The minimum Gasteiger partial charge on any atom is -0.505 e. The summed E-state index contributed by atoms with van der Waals surface area (Å²) in [6.07, 6.45) is 4.27. The van der Waals surface area contributed by atoms with Crippen LogP contribution in [0.4, 0.5) is 4.39 Å². The van der Waals surface area contributed by atoms with E-state index in [4.69, 9.17) is 0 Å². The average Bonchev–Trinajstić information content (AvgIpc) is 2.98. The zero-order valence-electron chi connectivity index (χ0n) is 11.4. The number of phenolic OH excluding ortho intramolecular Hbond substituents is 1. The summed E-state index contributed by atoms with van der Waals surface area (Å²) >= 11 is 0. The molecule has 3 nitrogen and oxygen atoms in total. The Morgan fingerprint density at radius 2 is 1.86 bits per heavy atom. The second-order valence-electron chi connectivity index (χ2n) is 4.87. The highest BCUT2D eigenvalue weighted by Crippen LogP contribution is 2.27. The Bertz CT molecular complexity index is 738. The second kappa shape index (κ2) is 5.79. The highest BCUT2D eigenvalue weighted by Gasteiger charge is 2.10. The number of nitrogens with zero attached hydrogens (tertiary/aromatic N) is 2.